The van der Waals surface area contributed by atoms with Gasteiger partial charge in [0.05, 0.1) is 6.10 Å². The number of nitrogens with zero attached hydrogens (tertiary/aromatic N) is 3. The molecule has 1 spiro atoms. The van der Waals surface area contributed by atoms with Gasteiger partial charge in [0.2, 0.25) is 5.91 Å². The summed E-state index contributed by atoms with van der Waals surface area (Å²) in [5.41, 5.74) is 0.563. The van der Waals surface area contributed by atoms with E-state index >= 15 is 0 Å². The quantitative estimate of drug-likeness (QED) is 0.843. The number of rotatable bonds is 2. The number of amides is 1. The number of aryl methyl sites for hydroxylation is 1. The number of phenolic OH excluding ortho intramolecular Hbond substituents is 1. The Labute approximate surface area is 170 Å². The van der Waals surface area contributed by atoms with Gasteiger partial charge in [-0.15, -0.1) is 0 Å². The normalized spacial score (nSPS) is 25.2. The minimum absolute atomic E-state index is 0.0459. The molecule has 2 atom stereocenters. The molecule has 2 fully saturated rings. The molecule has 3 aliphatic heterocycles. The summed E-state index contributed by atoms with van der Waals surface area (Å²) >= 11 is 0. The molecule has 0 bridgehead atoms. The maximum atomic E-state index is 12.8. The fourth-order valence-electron chi connectivity index (χ4n) is 5.21. The Hall–Kier alpha value is -2.54. The molecular formula is C22H27N3O4. The van der Waals surface area contributed by atoms with E-state index in [9.17, 15) is 9.90 Å². The number of phenols is 1. The van der Waals surface area contributed by atoms with E-state index in [1.165, 1.54) is 0 Å². The minimum atomic E-state index is -0.390. The molecule has 5 rings (SSSR count). The molecule has 4 heterocycles. The smallest absolute Gasteiger partial charge is 0.242 e. The van der Waals surface area contributed by atoms with Crippen molar-refractivity contribution in [2.75, 3.05) is 19.7 Å². The van der Waals surface area contributed by atoms with E-state index < -0.39 is 5.60 Å². The van der Waals surface area contributed by atoms with Crippen LogP contribution in [0.15, 0.2) is 30.6 Å². The summed E-state index contributed by atoms with van der Waals surface area (Å²) in [5.74, 6) is 1.93. The van der Waals surface area contributed by atoms with Gasteiger partial charge in [0.1, 0.15) is 18.0 Å². The first kappa shape index (κ1) is 18.5. The zero-order chi connectivity index (χ0) is 20.0. The fraction of sp³-hybridized carbons (Fsp3) is 0.545. The molecule has 0 unspecified atom stereocenters. The van der Waals surface area contributed by atoms with Crippen LogP contribution in [0.25, 0.3) is 0 Å². The van der Waals surface area contributed by atoms with Crippen LogP contribution >= 0.6 is 0 Å². The Morgan fingerprint density at radius 2 is 2.17 bits per heavy atom. The Morgan fingerprint density at radius 3 is 2.93 bits per heavy atom. The van der Waals surface area contributed by atoms with Gasteiger partial charge in [0.25, 0.3) is 0 Å². The molecule has 29 heavy (non-hydrogen) atoms. The van der Waals surface area contributed by atoms with Gasteiger partial charge in [-0.1, -0.05) is 12.1 Å². The number of ether oxygens (including phenoxy) is 2. The SMILES string of the molecule is Cc1nccn1CC(=O)N1CCC2(CC1)Oc1c(O)cccc1[C@H]1OCCC[C@@H]12. The van der Waals surface area contributed by atoms with Crippen LogP contribution in [0.1, 0.15) is 43.2 Å². The van der Waals surface area contributed by atoms with E-state index in [0.717, 1.165) is 43.7 Å². The second-order valence-electron chi connectivity index (χ2n) is 8.39. The highest BCUT2D eigenvalue weighted by molar-refractivity contribution is 5.76. The third-order valence-corrected chi connectivity index (χ3v) is 6.83. The first-order valence-electron chi connectivity index (χ1n) is 10.5. The van der Waals surface area contributed by atoms with E-state index in [1.807, 2.05) is 34.7 Å². The van der Waals surface area contributed by atoms with Crippen molar-refractivity contribution >= 4 is 5.91 Å². The Morgan fingerprint density at radius 1 is 1.34 bits per heavy atom. The summed E-state index contributed by atoms with van der Waals surface area (Å²) in [6.07, 6.45) is 7.07. The van der Waals surface area contributed by atoms with E-state index in [0.29, 0.717) is 25.4 Å². The monoisotopic (exact) mass is 397 g/mol. The molecule has 154 valence electrons. The summed E-state index contributed by atoms with van der Waals surface area (Å²) in [6.45, 7) is 4.26. The molecule has 0 saturated carbocycles. The van der Waals surface area contributed by atoms with E-state index in [-0.39, 0.29) is 23.7 Å². The molecule has 1 amide bonds. The van der Waals surface area contributed by atoms with Crippen LogP contribution in [-0.4, -0.2) is 50.8 Å². The van der Waals surface area contributed by atoms with Gasteiger partial charge in [-0.3, -0.25) is 4.79 Å². The zero-order valence-corrected chi connectivity index (χ0v) is 16.7. The summed E-state index contributed by atoms with van der Waals surface area (Å²) in [6, 6.07) is 5.52. The highest BCUT2D eigenvalue weighted by atomic mass is 16.5. The number of fused-ring (bicyclic) bond motifs is 4. The van der Waals surface area contributed by atoms with Crippen molar-refractivity contribution in [3.63, 3.8) is 0 Å². The van der Waals surface area contributed by atoms with Gasteiger partial charge >= 0.3 is 0 Å². The van der Waals surface area contributed by atoms with Crippen LogP contribution in [-0.2, 0) is 16.1 Å². The molecule has 1 aromatic carbocycles. The number of carbonyl (C=O) groups is 1. The van der Waals surface area contributed by atoms with Crippen LogP contribution in [0.4, 0.5) is 0 Å². The Kier molecular flexibility index (Phi) is 4.50. The number of para-hydroxylation sites is 1. The van der Waals surface area contributed by atoms with Gasteiger partial charge in [0.15, 0.2) is 11.5 Å². The van der Waals surface area contributed by atoms with E-state index in [2.05, 4.69) is 4.98 Å². The Balaban J connectivity index is 1.36. The second kappa shape index (κ2) is 7.06. The molecule has 1 N–H and O–H groups in total. The number of benzene rings is 1. The van der Waals surface area contributed by atoms with Gasteiger partial charge in [-0.05, 0) is 25.8 Å². The summed E-state index contributed by atoms with van der Waals surface area (Å²) < 4.78 is 14.6. The highest BCUT2D eigenvalue weighted by Crippen LogP contribution is 2.55. The molecule has 3 aliphatic rings. The number of aromatic hydroxyl groups is 1. The standard InChI is InChI=1S/C22H27N3O4/c1-15-23-9-12-25(15)14-19(27)24-10-7-22(8-11-24)17-5-3-13-28-20(17)16-4-2-6-18(26)21(16)29-22/h2,4,6,9,12,17,20,26H,3,5,7-8,10-11,13-14H2,1H3/t17-,20+/m0/s1. The molecular weight excluding hydrogens is 370 g/mol. The second-order valence-corrected chi connectivity index (χ2v) is 8.39. The topological polar surface area (TPSA) is 76.8 Å². The summed E-state index contributed by atoms with van der Waals surface area (Å²) in [4.78, 5) is 18.9. The number of carbonyl (C=O) groups excluding carboxylic acids is 1. The summed E-state index contributed by atoms with van der Waals surface area (Å²) in [7, 11) is 0. The first-order valence-corrected chi connectivity index (χ1v) is 10.5. The van der Waals surface area contributed by atoms with Crippen molar-refractivity contribution in [1.82, 2.24) is 14.5 Å². The van der Waals surface area contributed by atoms with Crippen molar-refractivity contribution in [3.8, 4) is 11.5 Å². The zero-order valence-electron chi connectivity index (χ0n) is 16.7. The van der Waals surface area contributed by atoms with E-state index in [4.69, 9.17) is 9.47 Å². The van der Waals surface area contributed by atoms with Gasteiger partial charge in [-0.25, -0.2) is 4.98 Å². The van der Waals surface area contributed by atoms with Crippen molar-refractivity contribution in [2.24, 2.45) is 5.92 Å². The van der Waals surface area contributed by atoms with Crippen LogP contribution in [0, 0.1) is 12.8 Å². The van der Waals surface area contributed by atoms with Crippen molar-refractivity contribution < 1.29 is 19.4 Å². The predicted molar refractivity (Wildman–Crippen MR) is 106 cm³/mol. The molecule has 7 heteroatoms. The van der Waals surface area contributed by atoms with Crippen LogP contribution in [0.2, 0.25) is 0 Å². The van der Waals surface area contributed by atoms with Gasteiger partial charge in [-0.2, -0.15) is 0 Å². The lowest BCUT2D eigenvalue weighted by atomic mass is 9.70. The number of likely N-dealkylation sites (tertiary alicyclic amines) is 1. The number of imidazole rings is 1. The number of hydrogen-bond donors (Lipinski definition) is 1. The average molecular weight is 397 g/mol. The maximum Gasteiger partial charge on any atom is 0.242 e. The van der Waals surface area contributed by atoms with Crippen LogP contribution in [0.5, 0.6) is 11.5 Å². The molecule has 2 saturated heterocycles. The average Bonchev–Trinajstić information content (AvgIpc) is 3.14. The fourth-order valence-corrected chi connectivity index (χ4v) is 5.21. The highest BCUT2D eigenvalue weighted by Gasteiger charge is 2.53. The number of aromatic nitrogens is 2. The number of hydrogen-bond acceptors (Lipinski definition) is 5. The maximum absolute atomic E-state index is 12.8. The predicted octanol–water partition coefficient (Wildman–Crippen LogP) is 2.82. The molecule has 0 aliphatic carbocycles. The first-order chi connectivity index (χ1) is 14.1. The molecule has 2 aromatic rings. The largest absolute Gasteiger partial charge is 0.504 e. The Bertz CT molecular complexity index is 917. The minimum Gasteiger partial charge on any atom is -0.504 e. The van der Waals surface area contributed by atoms with Crippen molar-refractivity contribution in [1.29, 1.82) is 0 Å². The lowest BCUT2D eigenvalue weighted by Gasteiger charge is -2.53. The lowest BCUT2D eigenvalue weighted by Crippen LogP contribution is -2.58. The lowest BCUT2D eigenvalue weighted by molar-refractivity contribution is -0.157. The number of piperidine rings is 1. The van der Waals surface area contributed by atoms with Gasteiger partial charge < -0.3 is 24.0 Å². The van der Waals surface area contributed by atoms with E-state index in [1.54, 1.807) is 12.3 Å². The molecule has 7 nitrogen and oxygen atoms in total. The third-order valence-electron chi connectivity index (χ3n) is 6.83. The van der Waals surface area contributed by atoms with Crippen molar-refractivity contribution in [2.45, 2.75) is 50.9 Å². The van der Waals surface area contributed by atoms with Crippen molar-refractivity contribution in [3.05, 3.63) is 42.0 Å². The van der Waals surface area contributed by atoms with Crippen LogP contribution in [0.3, 0.4) is 0 Å². The van der Waals surface area contributed by atoms with Crippen LogP contribution < -0.4 is 4.74 Å². The third kappa shape index (κ3) is 3.08. The molecule has 1 aromatic heterocycles. The molecule has 0 radical (unpaired) electrons. The van der Waals surface area contributed by atoms with Gasteiger partial charge in [0, 0.05) is 56.4 Å². The summed E-state index contributed by atoms with van der Waals surface area (Å²) in [5, 5.41) is 10.4.